The predicted molar refractivity (Wildman–Crippen MR) is 58.1 cm³/mol. The summed E-state index contributed by atoms with van der Waals surface area (Å²) in [6.07, 6.45) is -5.54. The summed E-state index contributed by atoms with van der Waals surface area (Å²) in [6, 6.07) is 0. The molecule has 19 heavy (non-hydrogen) atoms. The fraction of sp³-hybridized carbons (Fsp3) is 0.583. The Bertz CT molecular complexity index is 450. The number of alkyl halides is 3. The fourth-order valence-corrected chi connectivity index (χ4v) is 2.00. The van der Waals surface area contributed by atoms with Crippen molar-refractivity contribution in [3.8, 4) is 0 Å². The zero-order valence-corrected chi connectivity index (χ0v) is 10.7. The number of esters is 1. The number of methoxy groups -OCH3 is 1. The maximum absolute atomic E-state index is 12.8. The average molecular weight is 278 g/mol. The first-order chi connectivity index (χ1) is 8.49. The summed E-state index contributed by atoms with van der Waals surface area (Å²) >= 11 is 0. The maximum atomic E-state index is 12.8. The van der Waals surface area contributed by atoms with Gasteiger partial charge in [-0.15, -0.1) is 0 Å². The van der Waals surface area contributed by atoms with E-state index in [2.05, 4.69) is 4.74 Å². The third kappa shape index (κ3) is 3.21. The Hall–Kier alpha value is -1.66. The normalized spacial score (nSPS) is 19.4. The Morgan fingerprint density at radius 1 is 1.16 bits per heavy atom. The number of halogens is 3. The highest BCUT2D eigenvalue weighted by molar-refractivity contribution is 6.26. The molecule has 0 radical (unpaired) electrons. The van der Waals surface area contributed by atoms with Crippen LogP contribution in [0, 0.1) is 5.41 Å². The molecule has 0 atom stereocenters. The minimum absolute atomic E-state index is 0.218. The quantitative estimate of drug-likeness (QED) is 0.418. The fourth-order valence-electron chi connectivity index (χ4n) is 2.00. The molecular weight excluding hydrogens is 265 g/mol. The molecular formula is C12H13F3O4. The molecule has 0 saturated heterocycles. The van der Waals surface area contributed by atoms with Gasteiger partial charge < -0.3 is 4.74 Å². The van der Waals surface area contributed by atoms with Crippen LogP contribution < -0.4 is 0 Å². The molecule has 1 aliphatic rings. The van der Waals surface area contributed by atoms with E-state index in [1.54, 1.807) is 13.8 Å². The van der Waals surface area contributed by atoms with E-state index in [4.69, 9.17) is 0 Å². The van der Waals surface area contributed by atoms with E-state index in [9.17, 15) is 27.6 Å². The van der Waals surface area contributed by atoms with Crippen molar-refractivity contribution in [3.05, 3.63) is 11.1 Å². The molecule has 0 aromatic rings. The SMILES string of the molecule is COC(=O)C(=C1C(=O)CC(C)(C)CC1=O)C(F)(F)F. The number of ether oxygens (including phenoxy) is 1. The minimum Gasteiger partial charge on any atom is -0.465 e. The van der Waals surface area contributed by atoms with Gasteiger partial charge in [-0.1, -0.05) is 13.8 Å². The van der Waals surface area contributed by atoms with Gasteiger partial charge in [0.05, 0.1) is 12.7 Å². The summed E-state index contributed by atoms with van der Waals surface area (Å²) in [6.45, 7) is 3.20. The molecule has 1 saturated carbocycles. The van der Waals surface area contributed by atoms with Gasteiger partial charge in [-0.25, -0.2) is 4.79 Å². The van der Waals surface area contributed by atoms with E-state index in [0.717, 1.165) is 7.11 Å². The number of rotatable bonds is 1. The number of hydrogen-bond donors (Lipinski definition) is 0. The first-order valence-corrected chi connectivity index (χ1v) is 5.46. The Kier molecular flexibility index (Phi) is 3.88. The van der Waals surface area contributed by atoms with Crippen molar-refractivity contribution in [2.75, 3.05) is 7.11 Å². The number of carbonyl (C=O) groups excluding carboxylic acids is 3. The lowest BCUT2D eigenvalue weighted by Crippen LogP contribution is -2.36. The molecule has 0 aromatic carbocycles. The molecule has 7 heteroatoms. The van der Waals surface area contributed by atoms with E-state index >= 15 is 0 Å². The lowest BCUT2D eigenvalue weighted by molar-refractivity contribution is -0.150. The highest BCUT2D eigenvalue weighted by Gasteiger charge is 2.48. The van der Waals surface area contributed by atoms with Gasteiger partial charge in [-0.3, -0.25) is 9.59 Å². The molecule has 0 aromatic heterocycles. The maximum Gasteiger partial charge on any atom is 0.424 e. The van der Waals surface area contributed by atoms with Gasteiger partial charge in [0.1, 0.15) is 0 Å². The van der Waals surface area contributed by atoms with Gasteiger partial charge in [-0.2, -0.15) is 13.2 Å². The van der Waals surface area contributed by atoms with Crippen LogP contribution in [-0.2, 0) is 19.1 Å². The predicted octanol–water partition coefficient (Wildman–Crippen LogP) is 1.98. The lowest BCUT2D eigenvalue weighted by atomic mass is 9.73. The highest BCUT2D eigenvalue weighted by Crippen LogP contribution is 2.38. The number of allylic oxidation sites excluding steroid dienone is 1. The van der Waals surface area contributed by atoms with Crippen LogP contribution in [0.2, 0.25) is 0 Å². The molecule has 0 N–H and O–H groups in total. The van der Waals surface area contributed by atoms with Crippen molar-refractivity contribution >= 4 is 17.5 Å². The summed E-state index contributed by atoms with van der Waals surface area (Å²) in [5.41, 5.74) is -3.59. The van der Waals surface area contributed by atoms with Crippen LogP contribution in [-0.4, -0.2) is 30.8 Å². The minimum atomic E-state index is -5.10. The van der Waals surface area contributed by atoms with E-state index in [-0.39, 0.29) is 12.8 Å². The largest absolute Gasteiger partial charge is 0.465 e. The van der Waals surface area contributed by atoms with Gasteiger partial charge in [0.25, 0.3) is 0 Å². The second kappa shape index (κ2) is 4.79. The van der Waals surface area contributed by atoms with Gasteiger partial charge in [0.15, 0.2) is 17.1 Å². The van der Waals surface area contributed by atoms with E-state index in [0.29, 0.717) is 0 Å². The molecule has 0 spiro atoms. The third-order valence-electron chi connectivity index (χ3n) is 2.76. The number of hydrogen-bond acceptors (Lipinski definition) is 4. The summed E-state index contributed by atoms with van der Waals surface area (Å²) in [4.78, 5) is 34.7. The van der Waals surface area contributed by atoms with Crippen LogP contribution in [0.5, 0.6) is 0 Å². The Balaban J connectivity index is 3.43. The van der Waals surface area contributed by atoms with Crippen molar-refractivity contribution in [1.29, 1.82) is 0 Å². The summed E-state index contributed by atoms with van der Waals surface area (Å²) in [5, 5.41) is 0. The van der Waals surface area contributed by atoms with Gasteiger partial charge in [0, 0.05) is 12.8 Å². The van der Waals surface area contributed by atoms with E-state index in [1.807, 2.05) is 0 Å². The van der Waals surface area contributed by atoms with E-state index in [1.165, 1.54) is 0 Å². The highest BCUT2D eigenvalue weighted by atomic mass is 19.4. The van der Waals surface area contributed by atoms with Crippen molar-refractivity contribution in [3.63, 3.8) is 0 Å². The molecule has 4 nitrogen and oxygen atoms in total. The zero-order valence-electron chi connectivity index (χ0n) is 10.7. The lowest BCUT2D eigenvalue weighted by Gasteiger charge is -2.29. The average Bonchev–Trinajstić information content (AvgIpc) is 2.19. The molecule has 0 heterocycles. The number of Topliss-reactive ketones (excluding diaryl/α,β-unsaturated/α-hetero) is 2. The van der Waals surface area contributed by atoms with Gasteiger partial charge >= 0.3 is 12.1 Å². The van der Waals surface area contributed by atoms with Crippen LogP contribution in [0.25, 0.3) is 0 Å². The van der Waals surface area contributed by atoms with Crippen LogP contribution >= 0.6 is 0 Å². The van der Waals surface area contributed by atoms with Gasteiger partial charge in [0.2, 0.25) is 0 Å². The number of carbonyl (C=O) groups is 3. The zero-order chi connectivity index (χ0) is 15.0. The first-order valence-electron chi connectivity index (χ1n) is 5.46. The molecule has 1 fully saturated rings. The molecule has 0 unspecified atom stereocenters. The van der Waals surface area contributed by atoms with Gasteiger partial charge in [-0.05, 0) is 5.41 Å². The van der Waals surface area contributed by atoms with Crippen molar-refractivity contribution in [1.82, 2.24) is 0 Å². The Morgan fingerprint density at radius 3 is 1.89 bits per heavy atom. The second-order valence-corrected chi connectivity index (χ2v) is 5.10. The first kappa shape index (κ1) is 15.4. The van der Waals surface area contributed by atoms with Crippen LogP contribution in [0.3, 0.4) is 0 Å². The molecule has 1 rings (SSSR count). The van der Waals surface area contributed by atoms with Crippen molar-refractivity contribution < 1.29 is 32.3 Å². The summed E-state index contributed by atoms with van der Waals surface area (Å²) < 4.78 is 42.5. The smallest absolute Gasteiger partial charge is 0.424 e. The van der Waals surface area contributed by atoms with Crippen molar-refractivity contribution in [2.24, 2.45) is 5.41 Å². The van der Waals surface area contributed by atoms with Crippen LogP contribution in [0.15, 0.2) is 11.1 Å². The molecule has 0 aliphatic heterocycles. The number of ketones is 2. The van der Waals surface area contributed by atoms with Crippen LogP contribution in [0.4, 0.5) is 13.2 Å². The topological polar surface area (TPSA) is 60.4 Å². The molecule has 0 bridgehead atoms. The third-order valence-corrected chi connectivity index (χ3v) is 2.76. The Morgan fingerprint density at radius 2 is 1.58 bits per heavy atom. The van der Waals surface area contributed by atoms with Crippen molar-refractivity contribution in [2.45, 2.75) is 32.9 Å². The van der Waals surface area contributed by atoms with E-state index < -0.39 is 40.3 Å². The molecule has 106 valence electrons. The molecule has 0 amide bonds. The second-order valence-electron chi connectivity index (χ2n) is 5.10. The summed E-state index contributed by atoms with van der Waals surface area (Å²) in [5.74, 6) is -3.66. The Labute approximate surface area is 107 Å². The molecule has 1 aliphatic carbocycles. The van der Waals surface area contributed by atoms with Crippen LogP contribution in [0.1, 0.15) is 26.7 Å². The monoisotopic (exact) mass is 278 g/mol. The summed E-state index contributed by atoms with van der Waals surface area (Å²) in [7, 11) is 0.760. The standard InChI is InChI=1S/C12H13F3O4/c1-11(2)4-6(16)8(7(17)5-11)9(10(18)19-3)12(13,14)15/h4-5H2,1-3H3.